The standard InChI is InChI=1S/C36H45N7O7/c1-25-32(45)37-18-23-49-28-11-13-29(14-12-28)50-36(15-21-42(22-16-36)31(44)10-6-19-43-20-7-17-38-43)35(48)40-26(2)33(46)41-30(34(47)39-25)24-27-8-4-3-5-9-27/h3-5,7-9,11-14,17,20,25-26,30H,6,10,15-16,18-19,21-24H2,1-2H3,(H,37,45)(H,39,47)(H,40,48)(H,41,46)/t25-,26-,30-/m0/s1. The number of hydrogen-bond donors (Lipinski definition) is 4. The Kier molecular flexibility index (Phi) is 12.1. The molecule has 0 unspecified atom stereocenters. The van der Waals surface area contributed by atoms with Crippen LogP contribution in [0.2, 0.25) is 0 Å². The zero-order valence-electron chi connectivity index (χ0n) is 28.4. The van der Waals surface area contributed by atoms with Crippen LogP contribution in [0.3, 0.4) is 0 Å². The average Bonchev–Trinajstić information content (AvgIpc) is 3.64. The summed E-state index contributed by atoms with van der Waals surface area (Å²) < 4.78 is 14.0. The minimum atomic E-state index is -1.37. The zero-order valence-corrected chi connectivity index (χ0v) is 28.4. The van der Waals surface area contributed by atoms with Gasteiger partial charge in [0.05, 0.1) is 6.54 Å². The lowest BCUT2D eigenvalue weighted by Crippen LogP contribution is -2.61. The maximum absolute atomic E-state index is 14.0. The molecule has 6 rings (SSSR count). The molecule has 0 aliphatic carbocycles. The molecule has 2 bridgehead atoms. The van der Waals surface area contributed by atoms with Gasteiger partial charge in [-0.15, -0.1) is 0 Å². The van der Waals surface area contributed by atoms with Crippen LogP contribution in [0.1, 0.15) is 45.1 Å². The Balaban J connectivity index is 1.33. The number of fused-ring (bicyclic) bond motifs is 15. The maximum atomic E-state index is 14.0. The first kappa shape index (κ1) is 35.9. The molecule has 14 heteroatoms. The van der Waals surface area contributed by atoms with Gasteiger partial charge in [-0.3, -0.25) is 28.7 Å². The molecule has 4 heterocycles. The van der Waals surface area contributed by atoms with Crippen molar-refractivity contribution in [3.8, 4) is 11.5 Å². The Morgan fingerprint density at radius 3 is 2.26 bits per heavy atom. The van der Waals surface area contributed by atoms with Crippen molar-refractivity contribution >= 4 is 29.5 Å². The molecule has 1 saturated heterocycles. The molecule has 1 fully saturated rings. The quantitative estimate of drug-likeness (QED) is 0.281. The first-order valence-electron chi connectivity index (χ1n) is 17.0. The highest BCUT2D eigenvalue weighted by molar-refractivity contribution is 5.95. The van der Waals surface area contributed by atoms with E-state index in [2.05, 4.69) is 26.4 Å². The number of ether oxygens (including phenoxy) is 2. The van der Waals surface area contributed by atoms with Gasteiger partial charge in [-0.1, -0.05) is 30.3 Å². The number of rotatable bonds is 6. The van der Waals surface area contributed by atoms with Gasteiger partial charge in [-0.2, -0.15) is 5.10 Å². The van der Waals surface area contributed by atoms with Crippen LogP contribution in [0.15, 0.2) is 73.1 Å². The highest BCUT2D eigenvalue weighted by Gasteiger charge is 2.45. The largest absolute Gasteiger partial charge is 0.492 e. The van der Waals surface area contributed by atoms with Gasteiger partial charge in [-0.25, -0.2) is 0 Å². The highest BCUT2D eigenvalue weighted by atomic mass is 16.5. The normalized spacial score (nSPS) is 22.0. The summed E-state index contributed by atoms with van der Waals surface area (Å²) in [6.45, 7) is 4.67. The Labute approximate surface area is 291 Å². The SMILES string of the molecule is C[C@@H]1NC(=O)[C@H](Cc2ccccc2)NC(=O)[C@H](C)NC(=O)C2(CCN(C(=O)CCCn3cccn3)CC2)Oc2ccc(cc2)OCCNC1=O. The van der Waals surface area contributed by atoms with Crippen LogP contribution in [0.4, 0.5) is 0 Å². The number of hydrogen-bond acceptors (Lipinski definition) is 8. The number of nitrogens with zero attached hydrogens (tertiary/aromatic N) is 3. The molecular formula is C36H45N7O7. The number of carbonyl (C=O) groups is 5. The summed E-state index contributed by atoms with van der Waals surface area (Å²) >= 11 is 0. The average molecular weight is 688 g/mol. The number of aromatic nitrogens is 2. The molecule has 0 radical (unpaired) electrons. The lowest BCUT2D eigenvalue weighted by Gasteiger charge is -2.41. The Morgan fingerprint density at radius 2 is 1.56 bits per heavy atom. The molecule has 3 aromatic rings. The molecule has 14 nitrogen and oxygen atoms in total. The molecule has 3 aliphatic rings. The number of nitrogens with one attached hydrogen (secondary N) is 4. The molecule has 50 heavy (non-hydrogen) atoms. The smallest absolute Gasteiger partial charge is 0.264 e. The lowest BCUT2D eigenvalue weighted by molar-refractivity contribution is -0.148. The fourth-order valence-corrected chi connectivity index (χ4v) is 5.93. The molecule has 2 aromatic carbocycles. The van der Waals surface area contributed by atoms with Crippen molar-refractivity contribution in [2.75, 3.05) is 26.2 Å². The molecule has 1 aromatic heterocycles. The monoisotopic (exact) mass is 687 g/mol. The summed E-state index contributed by atoms with van der Waals surface area (Å²) in [6.07, 6.45) is 5.09. The van der Waals surface area contributed by atoms with Crippen LogP contribution in [0.5, 0.6) is 11.5 Å². The summed E-state index contributed by atoms with van der Waals surface area (Å²) in [7, 11) is 0. The van der Waals surface area contributed by atoms with Crippen LogP contribution >= 0.6 is 0 Å². The molecule has 3 aliphatic heterocycles. The van der Waals surface area contributed by atoms with Gasteiger partial charge in [-0.05, 0) is 56.2 Å². The Bertz CT molecular complexity index is 1610. The van der Waals surface area contributed by atoms with Gasteiger partial charge < -0.3 is 35.6 Å². The van der Waals surface area contributed by atoms with Gasteiger partial charge in [0.15, 0.2) is 5.60 Å². The summed E-state index contributed by atoms with van der Waals surface area (Å²) in [5, 5.41) is 15.2. The van der Waals surface area contributed by atoms with Crippen molar-refractivity contribution in [1.29, 1.82) is 0 Å². The number of piperidine rings is 1. The third-order valence-corrected chi connectivity index (χ3v) is 8.89. The number of carbonyl (C=O) groups excluding carboxylic acids is 5. The fraction of sp³-hybridized carbons (Fsp3) is 0.444. The van der Waals surface area contributed by atoms with E-state index in [1.165, 1.54) is 6.92 Å². The lowest BCUT2D eigenvalue weighted by atomic mass is 9.89. The van der Waals surface area contributed by atoms with E-state index in [4.69, 9.17) is 9.47 Å². The molecule has 4 N–H and O–H groups in total. The fourth-order valence-electron chi connectivity index (χ4n) is 5.93. The molecule has 1 spiro atoms. The van der Waals surface area contributed by atoms with E-state index >= 15 is 0 Å². The third kappa shape index (κ3) is 9.61. The molecule has 266 valence electrons. The highest BCUT2D eigenvalue weighted by Crippen LogP contribution is 2.31. The predicted octanol–water partition coefficient (Wildman–Crippen LogP) is 1.35. The van der Waals surface area contributed by atoms with Crippen molar-refractivity contribution in [3.63, 3.8) is 0 Å². The first-order valence-corrected chi connectivity index (χ1v) is 17.0. The van der Waals surface area contributed by atoms with Gasteiger partial charge in [0, 0.05) is 57.7 Å². The van der Waals surface area contributed by atoms with Crippen LogP contribution in [-0.2, 0) is 36.9 Å². The van der Waals surface area contributed by atoms with E-state index in [0.717, 1.165) is 5.56 Å². The van der Waals surface area contributed by atoms with E-state index in [1.807, 2.05) is 42.6 Å². The summed E-state index contributed by atoms with van der Waals surface area (Å²) in [6, 6.07) is 14.8. The van der Waals surface area contributed by atoms with E-state index in [9.17, 15) is 24.0 Å². The van der Waals surface area contributed by atoms with E-state index in [-0.39, 0.29) is 38.3 Å². The topological polar surface area (TPSA) is 173 Å². The van der Waals surface area contributed by atoms with Crippen LogP contribution < -0.4 is 30.7 Å². The van der Waals surface area contributed by atoms with Crippen molar-refractivity contribution in [3.05, 3.63) is 78.6 Å². The van der Waals surface area contributed by atoms with Gasteiger partial charge in [0.25, 0.3) is 5.91 Å². The number of amides is 5. The van der Waals surface area contributed by atoms with Gasteiger partial charge in [0.2, 0.25) is 23.6 Å². The maximum Gasteiger partial charge on any atom is 0.264 e. The zero-order chi connectivity index (χ0) is 35.5. The van der Waals surface area contributed by atoms with Gasteiger partial charge >= 0.3 is 0 Å². The van der Waals surface area contributed by atoms with E-state index in [0.29, 0.717) is 44.0 Å². The van der Waals surface area contributed by atoms with Crippen molar-refractivity contribution in [2.45, 2.75) is 76.2 Å². The molecular weight excluding hydrogens is 642 g/mol. The number of aryl methyl sites for hydroxylation is 1. The summed E-state index contributed by atoms with van der Waals surface area (Å²) in [5.74, 6) is -1.10. The van der Waals surface area contributed by atoms with Gasteiger partial charge in [0.1, 0.15) is 36.2 Å². The summed E-state index contributed by atoms with van der Waals surface area (Å²) in [5.41, 5.74) is -0.571. The van der Waals surface area contributed by atoms with Crippen LogP contribution in [0, 0.1) is 0 Å². The second-order valence-corrected chi connectivity index (χ2v) is 12.6. The Hall–Kier alpha value is -5.40. The van der Waals surface area contributed by atoms with Crippen molar-refractivity contribution in [1.82, 2.24) is 35.9 Å². The predicted molar refractivity (Wildman–Crippen MR) is 183 cm³/mol. The molecule has 3 atom stereocenters. The third-order valence-electron chi connectivity index (χ3n) is 8.89. The van der Waals surface area contributed by atoms with Crippen LogP contribution in [-0.4, -0.2) is 94.2 Å². The number of likely N-dealkylation sites (tertiary alicyclic amines) is 1. The second-order valence-electron chi connectivity index (χ2n) is 12.6. The Morgan fingerprint density at radius 1 is 0.860 bits per heavy atom. The first-order chi connectivity index (χ1) is 24.1. The van der Waals surface area contributed by atoms with E-state index < -0.39 is 47.4 Å². The van der Waals surface area contributed by atoms with Crippen molar-refractivity contribution < 1.29 is 33.4 Å². The van der Waals surface area contributed by atoms with Crippen LogP contribution in [0.25, 0.3) is 0 Å². The number of benzene rings is 2. The van der Waals surface area contributed by atoms with Crippen molar-refractivity contribution in [2.24, 2.45) is 0 Å². The summed E-state index contributed by atoms with van der Waals surface area (Å²) in [4.78, 5) is 68.5. The minimum absolute atomic E-state index is 0.0122. The van der Waals surface area contributed by atoms with E-state index in [1.54, 1.807) is 47.0 Å². The minimum Gasteiger partial charge on any atom is -0.492 e. The molecule has 0 saturated carbocycles. The second kappa shape index (κ2) is 16.8. The molecule has 5 amide bonds.